The maximum absolute atomic E-state index is 15.6. The van der Waals surface area contributed by atoms with Gasteiger partial charge >= 0.3 is 0 Å². The average Bonchev–Trinajstić information content (AvgIpc) is 1.10. The Morgan fingerprint density at radius 2 is 1.70 bits per heavy atom. The van der Waals surface area contributed by atoms with Gasteiger partial charge in [-0.1, -0.05) is 64.3 Å². The van der Waals surface area contributed by atoms with E-state index in [9.17, 15) is 38.7 Å². The molecule has 0 radical (unpaired) electrons. The van der Waals surface area contributed by atoms with Gasteiger partial charge in [0.2, 0.25) is 29.5 Å². The van der Waals surface area contributed by atoms with E-state index < -0.39 is 42.2 Å². The van der Waals surface area contributed by atoms with Gasteiger partial charge in [-0.3, -0.25) is 38.2 Å². The van der Waals surface area contributed by atoms with Crippen LogP contribution in [0.3, 0.4) is 0 Å². The van der Waals surface area contributed by atoms with E-state index in [4.69, 9.17) is 4.74 Å². The molecule has 6 N–H and O–H groups in total. The highest BCUT2D eigenvalue weighted by Crippen LogP contribution is 2.34. The number of aliphatic hydroxyl groups excluding tert-OH is 1. The molecule has 0 unspecified atom stereocenters. The summed E-state index contributed by atoms with van der Waals surface area (Å²) >= 11 is 0. The Kier molecular flexibility index (Phi) is 18.6. The van der Waals surface area contributed by atoms with Gasteiger partial charge in [-0.05, 0) is 110 Å². The molecule has 5 amide bonds. The second kappa shape index (κ2) is 26.2. The van der Waals surface area contributed by atoms with E-state index in [2.05, 4.69) is 47.8 Å². The van der Waals surface area contributed by atoms with Crippen LogP contribution in [0.15, 0.2) is 82.8 Å². The molecule has 0 spiro atoms. The number of halogens is 1. The maximum atomic E-state index is 15.6. The highest BCUT2D eigenvalue weighted by Gasteiger charge is 2.45. The monoisotopic (exact) mass is 1180 g/mol. The van der Waals surface area contributed by atoms with Crippen molar-refractivity contribution in [3.63, 3.8) is 0 Å². The van der Waals surface area contributed by atoms with Gasteiger partial charge < -0.3 is 50.8 Å². The normalized spacial score (nSPS) is 18.7. The fraction of sp³-hybridized carbons (Fsp3) is 0.492. The molecule has 23 heteroatoms. The van der Waals surface area contributed by atoms with Crippen LogP contribution in [0.25, 0.3) is 27.7 Å². The van der Waals surface area contributed by atoms with Gasteiger partial charge in [-0.2, -0.15) is 14.9 Å². The predicted molar refractivity (Wildman–Crippen MR) is 321 cm³/mol. The molecule has 6 aromatic rings. The third kappa shape index (κ3) is 13.3. The van der Waals surface area contributed by atoms with Gasteiger partial charge in [0.15, 0.2) is 11.6 Å². The highest BCUT2D eigenvalue weighted by molar-refractivity contribution is 5.94. The van der Waals surface area contributed by atoms with Crippen molar-refractivity contribution in [3.05, 3.63) is 128 Å². The van der Waals surface area contributed by atoms with E-state index in [1.807, 2.05) is 39.0 Å². The Morgan fingerprint density at radius 1 is 0.919 bits per heavy atom. The summed E-state index contributed by atoms with van der Waals surface area (Å²) in [5.74, 6) is -1.81. The number of aryl methyl sites for hydroxylation is 2. The zero-order chi connectivity index (χ0) is 61.0. The first-order valence-corrected chi connectivity index (χ1v) is 30.0. The van der Waals surface area contributed by atoms with Crippen LogP contribution in [0, 0.1) is 11.7 Å². The molecule has 2 aliphatic carbocycles. The lowest BCUT2D eigenvalue weighted by atomic mass is 9.83. The number of carbonyl (C=O) groups excluding carboxylic acids is 5. The number of pyridine rings is 2. The van der Waals surface area contributed by atoms with Gasteiger partial charge in [0.1, 0.15) is 23.6 Å². The minimum Gasteiger partial charge on any atom is -0.392 e. The highest BCUT2D eigenvalue weighted by atomic mass is 19.1. The number of hydrogen-bond acceptors (Lipinski definition) is 14. The Hall–Kier alpha value is -8.15. The summed E-state index contributed by atoms with van der Waals surface area (Å²) in [6.07, 6.45) is 11.8. The summed E-state index contributed by atoms with van der Waals surface area (Å²) in [6.45, 7) is 8.20. The molecule has 456 valence electrons. The number of carbonyl (C=O) groups is 5. The molecule has 4 aliphatic rings. The average molecular weight is 1180 g/mol. The minimum absolute atomic E-state index is 0.0000606. The fourth-order valence-corrected chi connectivity index (χ4v) is 12.5. The molecule has 5 atom stereocenters. The molecule has 4 aromatic heterocycles. The molecule has 0 bridgehead atoms. The first-order chi connectivity index (χ1) is 41.3. The smallest absolute Gasteiger partial charge is 0.283 e. The molecule has 6 heterocycles. The Morgan fingerprint density at radius 3 is 2.47 bits per heavy atom. The fourth-order valence-electron chi connectivity index (χ4n) is 12.5. The molecule has 2 aromatic carbocycles. The number of rotatable bonds is 19. The number of fused-ring (bicyclic) bond motifs is 3. The molecule has 1 saturated carbocycles. The van der Waals surface area contributed by atoms with Crippen LogP contribution in [0.4, 0.5) is 15.9 Å². The number of nitrogens with zero attached hydrogens (tertiary/aromatic N) is 8. The first kappa shape index (κ1) is 61.0. The lowest BCUT2D eigenvalue weighted by Gasteiger charge is -2.35. The SMILES string of the molecule is CN[C@@H](C)C(=O)N[C@H](C(=O)N1C[C@@H](NC(=O)CCOCCC(=O)N2CCn3nc(Nc4cc(-c5ccnc(-n6ncc7cc(C(C)(C)C)cc(F)c7c6=O)c5CO)cn(C)c4=O)cc3C2)C[C@H]1C(=O)N[C@@H]1CCCc2ccccc21)C1CCCCC1. The van der Waals surface area contributed by atoms with E-state index in [-0.39, 0.29) is 120 Å². The number of likely N-dealkylation sites (N-methyl/N-ethyl adjacent to an activating group) is 1. The predicted octanol–water partition coefficient (Wildman–Crippen LogP) is 5.11. The van der Waals surface area contributed by atoms with Crippen LogP contribution in [-0.2, 0) is 67.3 Å². The molecular formula is C63H78FN13O9. The van der Waals surface area contributed by atoms with Crippen LogP contribution < -0.4 is 37.7 Å². The van der Waals surface area contributed by atoms with E-state index in [1.54, 1.807) is 66.0 Å². The Bertz CT molecular complexity index is 3660. The molecule has 86 heavy (non-hydrogen) atoms. The van der Waals surface area contributed by atoms with Gasteiger partial charge in [-0.25, -0.2) is 9.37 Å². The lowest BCUT2D eigenvalue weighted by molar-refractivity contribution is -0.143. The summed E-state index contributed by atoms with van der Waals surface area (Å²) in [4.78, 5) is 105. The topological polar surface area (TPSA) is 269 Å². The summed E-state index contributed by atoms with van der Waals surface area (Å²) in [5, 5.41) is 35.4. The van der Waals surface area contributed by atoms with Crippen molar-refractivity contribution in [2.75, 3.05) is 38.7 Å². The number of anilines is 2. The number of benzene rings is 2. The molecule has 22 nitrogen and oxygen atoms in total. The summed E-state index contributed by atoms with van der Waals surface area (Å²) < 4.78 is 25.5. The van der Waals surface area contributed by atoms with Crippen LogP contribution in [0.2, 0.25) is 0 Å². The number of aliphatic hydroxyl groups is 1. The third-order valence-corrected chi connectivity index (χ3v) is 17.4. The van der Waals surface area contributed by atoms with Crippen molar-refractivity contribution in [1.82, 2.24) is 60.2 Å². The minimum atomic E-state index is -0.873. The van der Waals surface area contributed by atoms with Gasteiger partial charge in [0.25, 0.3) is 11.1 Å². The van der Waals surface area contributed by atoms with Crippen LogP contribution >= 0.6 is 0 Å². The van der Waals surface area contributed by atoms with Crippen LogP contribution in [0.1, 0.15) is 126 Å². The summed E-state index contributed by atoms with van der Waals surface area (Å²) in [6, 6.07) is 13.2. The zero-order valence-electron chi connectivity index (χ0n) is 49.8. The number of likely N-dealkylation sites (tertiary alicyclic amines) is 1. The van der Waals surface area contributed by atoms with Crippen molar-refractivity contribution in [2.24, 2.45) is 13.0 Å². The number of hydrogen-bond donors (Lipinski definition) is 6. The molecule has 2 aliphatic heterocycles. The lowest BCUT2D eigenvalue weighted by Crippen LogP contribution is -2.58. The number of amides is 5. The van der Waals surface area contributed by atoms with Gasteiger partial charge in [0, 0.05) is 67.6 Å². The van der Waals surface area contributed by atoms with Crippen molar-refractivity contribution in [1.29, 1.82) is 0 Å². The quantitative estimate of drug-likeness (QED) is 0.0576. The second-order valence-corrected chi connectivity index (χ2v) is 24.3. The van der Waals surface area contributed by atoms with Crippen molar-refractivity contribution < 1.29 is 38.2 Å². The van der Waals surface area contributed by atoms with E-state index in [0.29, 0.717) is 41.0 Å². The van der Waals surface area contributed by atoms with Crippen LogP contribution in [0.5, 0.6) is 0 Å². The van der Waals surface area contributed by atoms with E-state index in [1.165, 1.54) is 28.6 Å². The number of ether oxygens (including phenoxy) is 1. The number of nitrogens with one attached hydrogen (secondary N) is 5. The maximum Gasteiger partial charge on any atom is 0.283 e. The molecule has 2 fully saturated rings. The largest absolute Gasteiger partial charge is 0.392 e. The van der Waals surface area contributed by atoms with E-state index >= 15 is 4.39 Å². The summed E-state index contributed by atoms with van der Waals surface area (Å²) in [7, 11) is 3.27. The van der Waals surface area contributed by atoms with Gasteiger partial charge in [0.05, 0.1) is 68.7 Å². The van der Waals surface area contributed by atoms with Crippen molar-refractivity contribution in [2.45, 2.75) is 154 Å². The molecule has 10 rings (SSSR count). The second-order valence-electron chi connectivity index (χ2n) is 24.3. The first-order valence-electron chi connectivity index (χ1n) is 30.0. The Labute approximate surface area is 498 Å². The molecule has 1 saturated heterocycles. The zero-order valence-corrected chi connectivity index (χ0v) is 49.8. The number of aromatic nitrogens is 6. The molecular weight excluding hydrogens is 1100 g/mol. The summed E-state index contributed by atoms with van der Waals surface area (Å²) in [5.41, 5.74) is 3.51. The van der Waals surface area contributed by atoms with Crippen molar-refractivity contribution >= 4 is 51.8 Å². The Balaban J connectivity index is 0.740. The third-order valence-electron chi connectivity index (χ3n) is 17.4. The van der Waals surface area contributed by atoms with Gasteiger partial charge in [-0.15, -0.1) is 0 Å². The van der Waals surface area contributed by atoms with Crippen molar-refractivity contribution in [3.8, 4) is 16.9 Å². The van der Waals surface area contributed by atoms with Crippen LogP contribution in [-0.4, -0.2) is 131 Å². The standard InChI is InChI=1S/C63H78FN13O9/c1-37(65-5)58(81)71-56(39-14-8-7-9-15-39)62(85)75-34-43(30-51(75)59(82)70-49-18-12-16-38-13-10-11-17-46(38)49)68-53(79)20-25-86-26-21-54(80)74-23-24-76-44(35-74)31-52(72-76)69-50-28-41(33-73(6)60(50)83)45-19-22-66-57(47(45)36-78)77-61(84)55-40(32-67-77)27-42(29-48(55)64)63(2,3)4/h10-11,13,17,19,22,27-29,31-33,37,39,43,49,51,56,65,78H,7-9,12,14-16,18,20-21,23-26,30,34-36H2,1-6H3,(H,68,79)(H,69,72)(H,70,82)(H,71,81)/t37-,43-,49+,51-,56-/m0/s1. The van der Waals surface area contributed by atoms with E-state index in [0.717, 1.165) is 67.3 Å².